The molecule has 2 nitrogen and oxygen atoms in total. The molecule has 0 aliphatic heterocycles. The molecule has 0 saturated heterocycles. The van der Waals surface area contributed by atoms with Gasteiger partial charge in [-0.15, -0.1) is 0 Å². The van der Waals surface area contributed by atoms with Crippen LogP contribution in [-0.4, -0.2) is 11.1 Å². The van der Waals surface area contributed by atoms with E-state index in [4.69, 9.17) is 5.11 Å². The summed E-state index contributed by atoms with van der Waals surface area (Å²) >= 11 is 0. The van der Waals surface area contributed by atoms with Gasteiger partial charge < -0.3 is 5.11 Å². The maximum absolute atomic E-state index is 10.7. The van der Waals surface area contributed by atoms with Crippen molar-refractivity contribution in [3.05, 3.63) is 0 Å². The minimum atomic E-state index is -0.647. The third kappa shape index (κ3) is 17.8. The van der Waals surface area contributed by atoms with Crippen molar-refractivity contribution in [2.24, 2.45) is 5.92 Å². The lowest BCUT2D eigenvalue weighted by atomic mass is 10.0. The summed E-state index contributed by atoms with van der Waals surface area (Å²) in [4.78, 5) is 10.7. The van der Waals surface area contributed by atoms with Gasteiger partial charge in [-0.1, -0.05) is 123 Å². The van der Waals surface area contributed by atoms with Crippen LogP contribution < -0.4 is 0 Å². The predicted octanol–water partition coefficient (Wildman–Crippen LogP) is 7.75. The van der Waals surface area contributed by atoms with E-state index in [-0.39, 0.29) is 5.92 Å². The monoisotopic (exact) mass is 340 g/mol. The fourth-order valence-electron chi connectivity index (χ4n) is 3.30. The average molecular weight is 341 g/mol. The van der Waals surface area contributed by atoms with Crippen LogP contribution in [0.5, 0.6) is 0 Å². The molecule has 0 aliphatic rings. The zero-order valence-electron chi connectivity index (χ0n) is 16.7. The Bertz CT molecular complexity index is 263. The maximum atomic E-state index is 10.7. The Balaban J connectivity index is 3.04. The number of hydrogen-bond acceptors (Lipinski definition) is 1. The van der Waals surface area contributed by atoms with Crippen molar-refractivity contribution < 1.29 is 9.90 Å². The first-order valence-corrected chi connectivity index (χ1v) is 10.9. The summed E-state index contributed by atoms with van der Waals surface area (Å²) in [6, 6.07) is 0. The summed E-state index contributed by atoms with van der Waals surface area (Å²) < 4.78 is 0. The molecule has 0 spiro atoms. The quantitative estimate of drug-likeness (QED) is 0.244. The highest BCUT2D eigenvalue weighted by molar-refractivity contribution is 5.69. The molecule has 0 rings (SSSR count). The Kier molecular flexibility index (Phi) is 18.4. The van der Waals surface area contributed by atoms with Crippen LogP contribution in [0.4, 0.5) is 0 Å². The number of aliphatic carboxylic acids is 1. The largest absolute Gasteiger partial charge is 0.481 e. The maximum Gasteiger partial charge on any atom is 0.306 e. The standard InChI is InChI=1S/C22H44O2/c1-3-4-5-6-7-8-9-10-11-12-13-14-15-16-17-18-19-20-21(2)22(23)24/h21H,3-20H2,1-2H3,(H,23,24). The Hall–Kier alpha value is -0.530. The van der Waals surface area contributed by atoms with Crippen molar-refractivity contribution in [2.75, 3.05) is 0 Å². The van der Waals surface area contributed by atoms with E-state index in [1.54, 1.807) is 0 Å². The zero-order valence-corrected chi connectivity index (χ0v) is 16.7. The fraction of sp³-hybridized carbons (Fsp3) is 0.955. The summed E-state index contributed by atoms with van der Waals surface area (Å²) in [5.41, 5.74) is 0. The average Bonchev–Trinajstić information content (AvgIpc) is 2.57. The van der Waals surface area contributed by atoms with E-state index in [2.05, 4.69) is 6.92 Å². The first-order valence-electron chi connectivity index (χ1n) is 10.9. The second-order valence-electron chi connectivity index (χ2n) is 7.68. The number of hydrogen-bond donors (Lipinski definition) is 1. The minimum absolute atomic E-state index is 0.165. The molecule has 1 N–H and O–H groups in total. The lowest BCUT2D eigenvalue weighted by Crippen LogP contribution is -2.08. The SMILES string of the molecule is CCCCCCCCCCCCCCCCCCCC(C)C(=O)O. The van der Waals surface area contributed by atoms with E-state index < -0.39 is 5.97 Å². The lowest BCUT2D eigenvalue weighted by molar-refractivity contribution is -0.141. The molecule has 0 aromatic carbocycles. The molecule has 0 aliphatic carbocycles. The number of unbranched alkanes of at least 4 members (excludes halogenated alkanes) is 16. The molecule has 0 bridgehead atoms. The third-order valence-corrected chi connectivity index (χ3v) is 5.16. The number of rotatable bonds is 19. The van der Waals surface area contributed by atoms with Gasteiger partial charge in [0.25, 0.3) is 0 Å². The molecule has 24 heavy (non-hydrogen) atoms. The van der Waals surface area contributed by atoms with E-state index >= 15 is 0 Å². The normalized spacial score (nSPS) is 12.4. The molecule has 1 unspecified atom stereocenters. The van der Waals surface area contributed by atoms with Crippen molar-refractivity contribution in [1.82, 2.24) is 0 Å². The molecule has 1 atom stereocenters. The molecular formula is C22H44O2. The molecule has 0 radical (unpaired) electrons. The van der Waals surface area contributed by atoms with Gasteiger partial charge in [0.2, 0.25) is 0 Å². The van der Waals surface area contributed by atoms with Gasteiger partial charge in [0.15, 0.2) is 0 Å². The summed E-state index contributed by atoms with van der Waals surface area (Å²) in [6.45, 7) is 4.09. The second-order valence-corrected chi connectivity index (χ2v) is 7.68. The molecule has 144 valence electrons. The van der Waals surface area contributed by atoms with Crippen LogP contribution in [0.2, 0.25) is 0 Å². The molecule has 2 heteroatoms. The van der Waals surface area contributed by atoms with E-state index in [0.29, 0.717) is 0 Å². The van der Waals surface area contributed by atoms with E-state index in [1.165, 1.54) is 103 Å². The summed E-state index contributed by atoms with van der Waals surface area (Å²) in [7, 11) is 0. The van der Waals surface area contributed by atoms with Crippen LogP contribution >= 0.6 is 0 Å². The van der Waals surface area contributed by atoms with Crippen LogP contribution in [0.1, 0.15) is 129 Å². The molecule has 0 aromatic rings. The second kappa shape index (κ2) is 18.8. The van der Waals surface area contributed by atoms with Crippen LogP contribution in [-0.2, 0) is 4.79 Å². The van der Waals surface area contributed by atoms with Crippen LogP contribution in [0.15, 0.2) is 0 Å². The minimum Gasteiger partial charge on any atom is -0.481 e. The van der Waals surface area contributed by atoms with Crippen molar-refractivity contribution >= 4 is 5.97 Å². The van der Waals surface area contributed by atoms with Gasteiger partial charge in [-0.3, -0.25) is 4.79 Å². The fourth-order valence-corrected chi connectivity index (χ4v) is 3.30. The number of carbonyl (C=O) groups is 1. The molecule has 0 aromatic heterocycles. The van der Waals surface area contributed by atoms with Gasteiger partial charge in [-0.25, -0.2) is 0 Å². The Morgan fingerprint density at radius 2 is 0.917 bits per heavy atom. The lowest BCUT2D eigenvalue weighted by Gasteiger charge is -2.06. The van der Waals surface area contributed by atoms with E-state index in [9.17, 15) is 4.79 Å². The zero-order chi connectivity index (χ0) is 17.9. The third-order valence-electron chi connectivity index (χ3n) is 5.16. The number of carboxylic acid groups (broad SMARTS) is 1. The first-order chi connectivity index (χ1) is 11.7. The van der Waals surface area contributed by atoms with Crippen molar-refractivity contribution in [1.29, 1.82) is 0 Å². The van der Waals surface area contributed by atoms with Gasteiger partial charge in [0.05, 0.1) is 5.92 Å². The highest BCUT2D eigenvalue weighted by Gasteiger charge is 2.09. The van der Waals surface area contributed by atoms with Gasteiger partial charge in [0, 0.05) is 0 Å². The van der Waals surface area contributed by atoms with Gasteiger partial charge in [-0.05, 0) is 6.42 Å². The Labute approximate surface area is 151 Å². The summed E-state index contributed by atoms with van der Waals surface area (Å²) in [6.07, 6.45) is 24.2. The van der Waals surface area contributed by atoms with Crippen LogP contribution in [0, 0.1) is 5.92 Å². The molecule has 0 fully saturated rings. The van der Waals surface area contributed by atoms with E-state index in [0.717, 1.165) is 12.8 Å². The highest BCUT2D eigenvalue weighted by Crippen LogP contribution is 2.15. The topological polar surface area (TPSA) is 37.3 Å². The molecule has 0 amide bonds. The Morgan fingerprint density at radius 1 is 0.625 bits per heavy atom. The highest BCUT2D eigenvalue weighted by atomic mass is 16.4. The van der Waals surface area contributed by atoms with Crippen molar-refractivity contribution in [3.63, 3.8) is 0 Å². The van der Waals surface area contributed by atoms with Gasteiger partial charge in [0.1, 0.15) is 0 Å². The molecule has 0 heterocycles. The Morgan fingerprint density at radius 3 is 1.21 bits per heavy atom. The van der Waals surface area contributed by atoms with Gasteiger partial charge >= 0.3 is 5.97 Å². The van der Waals surface area contributed by atoms with Crippen molar-refractivity contribution in [3.8, 4) is 0 Å². The summed E-state index contributed by atoms with van der Waals surface area (Å²) in [5.74, 6) is -0.812. The molecule has 0 saturated carbocycles. The summed E-state index contributed by atoms with van der Waals surface area (Å²) in [5, 5.41) is 8.82. The number of carboxylic acids is 1. The predicted molar refractivity (Wildman–Crippen MR) is 106 cm³/mol. The first kappa shape index (κ1) is 23.5. The van der Waals surface area contributed by atoms with Crippen LogP contribution in [0.25, 0.3) is 0 Å². The van der Waals surface area contributed by atoms with E-state index in [1.807, 2.05) is 6.92 Å². The van der Waals surface area contributed by atoms with Crippen LogP contribution in [0.3, 0.4) is 0 Å². The van der Waals surface area contributed by atoms with Crippen molar-refractivity contribution in [2.45, 2.75) is 129 Å². The van der Waals surface area contributed by atoms with Gasteiger partial charge in [-0.2, -0.15) is 0 Å². The molecular weight excluding hydrogens is 296 g/mol. The smallest absolute Gasteiger partial charge is 0.306 e.